The summed E-state index contributed by atoms with van der Waals surface area (Å²) in [6.45, 7) is 0.640. The van der Waals surface area contributed by atoms with Gasteiger partial charge in [-0.25, -0.2) is 0 Å². The molecular formula is C28H20BrNO3S. The minimum atomic E-state index is -0.292. The standard InChI is InChI=1S/C28H20BrNO3S/c29-24-10-5-6-19(15-24)17-30-27(31)26(34-28(30)32)16-23-9-3-4-11-25(23)33-18-20-12-13-21-7-1-2-8-22(21)14-20/h1-16H,17-18H2/b26-16-. The first-order chi connectivity index (χ1) is 16.6. The summed E-state index contributed by atoms with van der Waals surface area (Å²) in [5, 5.41) is 2.08. The van der Waals surface area contributed by atoms with Crippen LogP contribution in [0.1, 0.15) is 16.7 Å². The summed E-state index contributed by atoms with van der Waals surface area (Å²) in [4.78, 5) is 27.2. The van der Waals surface area contributed by atoms with Crippen LogP contribution in [0.4, 0.5) is 4.79 Å². The maximum Gasteiger partial charge on any atom is 0.293 e. The molecule has 1 aliphatic rings. The Kier molecular flexibility index (Phi) is 6.52. The molecule has 4 aromatic rings. The van der Waals surface area contributed by atoms with E-state index in [1.807, 2.05) is 60.7 Å². The first-order valence-corrected chi connectivity index (χ1v) is 12.4. The molecule has 0 spiro atoms. The van der Waals surface area contributed by atoms with Gasteiger partial charge in [-0.3, -0.25) is 14.5 Å². The number of carbonyl (C=O) groups is 2. The molecule has 6 heteroatoms. The largest absolute Gasteiger partial charge is 0.488 e. The third-order valence-electron chi connectivity index (χ3n) is 5.52. The summed E-state index contributed by atoms with van der Waals surface area (Å²) in [6, 6.07) is 29.6. The van der Waals surface area contributed by atoms with Crippen molar-refractivity contribution in [2.75, 3.05) is 0 Å². The third kappa shape index (κ3) is 4.93. The highest BCUT2D eigenvalue weighted by molar-refractivity contribution is 9.10. The Morgan fingerprint density at radius 2 is 1.62 bits per heavy atom. The lowest BCUT2D eigenvalue weighted by atomic mass is 10.1. The van der Waals surface area contributed by atoms with Crippen molar-refractivity contribution in [2.45, 2.75) is 13.2 Å². The maximum atomic E-state index is 13.0. The van der Waals surface area contributed by atoms with Crippen LogP contribution in [-0.2, 0) is 17.9 Å². The number of fused-ring (bicyclic) bond motifs is 1. The van der Waals surface area contributed by atoms with Gasteiger partial charge >= 0.3 is 0 Å². The number of rotatable bonds is 6. The lowest BCUT2D eigenvalue weighted by Crippen LogP contribution is -2.27. The predicted octanol–water partition coefficient (Wildman–Crippen LogP) is 7.42. The van der Waals surface area contributed by atoms with Crippen molar-refractivity contribution in [1.82, 2.24) is 4.90 Å². The summed E-state index contributed by atoms with van der Waals surface area (Å²) >= 11 is 4.39. The van der Waals surface area contributed by atoms with Crippen LogP contribution in [0.5, 0.6) is 5.75 Å². The number of hydrogen-bond acceptors (Lipinski definition) is 4. The molecule has 1 heterocycles. The molecule has 5 rings (SSSR count). The minimum Gasteiger partial charge on any atom is -0.488 e. The molecule has 0 unspecified atom stereocenters. The van der Waals surface area contributed by atoms with Gasteiger partial charge in [0.1, 0.15) is 12.4 Å². The molecule has 0 atom stereocenters. The van der Waals surface area contributed by atoms with Crippen LogP contribution >= 0.6 is 27.7 Å². The highest BCUT2D eigenvalue weighted by atomic mass is 79.9. The molecule has 1 fully saturated rings. The zero-order valence-corrected chi connectivity index (χ0v) is 20.5. The molecule has 168 valence electrons. The number of nitrogens with zero attached hydrogens (tertiary/aromatic N) is 1. The zero-order chi connectivity index (χ0) is 23.5. The number of para-hydroxylation sites is 1. The molecule has 0 radical (unpaired) electrons. The van der Waals surface area contributed by atoms with E-state index in [0.29, 0.717) is 17.3 Å². The molecule has 1 saturated heterocycles. The summed E-state index contributed by atoms with van der Waals surface area (Å²) in [5.41, 5.74) is 2.70. The molecular weight excluding hydrogens is 510 g/mol. The molecule has 34 heavy (non-hydrogen) atoms. The van der Waals surface area contributed by atoms with E-state index in [1.54, 1.807) is 6.08 Å². The predicted molar refractivity (Wildman–Crippen MR) is 140 cm³/mol. The van der Waals surface area contributed by atoms with Gasteiger partial charge in [0, 0.05) is 10.0 Å². The first kappa shape index (κ1) is 22.4. The van der Waals surface area contributed by atoms with Crippen LogP contribution in [-0.4, -0.2) is 16.0 Å². The van der Waals surface area contributed by atoms with Crippen LogP contribution in [0.15, 0.2) is 100 Å². The molecule has 2 amide bonds. The second-order valence-electron chi connectivity index (χ2n) is 7.91. The molecule has 0 aliphatic carbocycles. The molecule has 1 aliphatic heterocycles. The lowest BCUT2D eigenvalue weighted by molar-refractivity contribution is -0.123. The van der Waals surface area contributed by atoms with Gasteiger partial charge in [0.2, 0.25) is 0 Å². The van der Waals surface area contributed by atoms with Gasteiger partial charge in [0.15, 0.2) is 0 Å². The second kappa shape index (κ2) is 9.87. The Morgan fingerprint density at radius 3 is 2.47 bits per heavy atom. The van der Waals surface area contributed by atoms with E-state index in [4.69, 9.17) is 4.74 Å². The summed E-state index contributed by atoms with van der Waals surface area (Å²) in [6.07, 6.45) is 1.74. The van der Waals surface area contributed by atoms with Crippen LogP contribution in [0.25, 0.3) is 16.8 Å². The van der Waals surface area contributed by atoms with Gasteiger partial charge in [-0.05, 0) is 64.0 Å². The van der Waals surface area contributed by atoms with Crippen molar-refractivity contribution < 1.29 is 14.3 Å². The molecule has 4 aromatic carbocycles. The number of benzene rings is 4. The minimum absolute atomic E-state index is 0.238. The highest BCUT2D eigenvalue weighted by Crippen LogP contribution is 2.35. The van der Waals surface area contributed by atoms with Gasteiger partial charge in [-0.2, -0.15) is 0 Å². The average Bonchev–Trinajstić information content (AvgIpc) is 3.11. The number of halogens is 1. The van der Waals surface area contributed by atoms with Crippen molar-refractivity contribution in [3.8, 4) is 5.75 Å². The molecule has 0 N–H and O–H groups in total. The monoisotopic (exact) mass is 529 g/mol. The van der Waals surface area contributed by atoms with Gasteiger partial charge < -0.3 is 4.74 Å². The number of imide groups is 1. The van der Waals surface area contributed by atoms with E-state index in [2.05, 4.69) is 46.3 Å². The van der Waals surface area contributed by atoms with E-state index < -0.39 is 0 Å². The van der Waals surface area contributed by atoms with Crippen LogP contribution in [0, 0.1) is 0 Å². The van der Waals surface area contributed by atoms with Crippen molar-refractivity contribution in [3.63, 3.8) is 0 Å². The second-order valence-corrected chi connectivity index (χ2v) is 9.81. The SMILES string of the molecule is O=C1S/C(=C\c2ccccc2OCc2ccc3ccccc3c2)C(=O)N1Cc1cccc(Br)c1. The maximum absolute atomic E-state index is 13.0. The number of hydrogen-bond donors (Lipinski definition) is 0. The van der Waals surface area contributed by atoms with Crippen molar-refractivity contribution in [2.24, 2.45) is 0 Å². The third-order valence-corrected chi connectivity index (χ3v) is 6.92. The van der Waals surface area contributed by atoms with Crippen LogP contribution in [0.3, 0.4) is 0 Å². The van der Waals surface area contributed by atoms with E-state index >= 15 is 0 Å². The molecule has 4 nitrogen and oxygen atoms in total. The average molecular weight is 530 g/mol. The number of ether oxygens (including phenoxy) is 1. The van der Waals surface area contributed by atoms with Crippen LogP contribution in [0.2, 0.25) is 0 Å². The number of amides is 2. The molecule has 0 saturated carbocycles. The number of carbonyl (C=O) groups excluding carboxylic acids is 2. The van der Waals surface area contributed by atoms with Gasteiger partial charge in [0.25, 0.3) is 11.1 Å². The Hall–Kier alpha value is -3.35. The fraction of sp³-hybridized carbons (Fsp3) is 0.0714. The highest BCUT2D eigenvalue weighted by Gasteiger charge is 2.35. The van der Waals surface area contributed by atoms with E-state index in [0.717, 1.165) is 38.3 Å². The first-order valence-electron chi connectivity index (χ1n) is 10.8. The Balaban J connectivity index is 1.33. The smallest absolute Gasteiger partial charge is 0.293 e. The Labute approximate surface area is 210 Å². The van der Waals surface area contributed by atoms with Gasteiger partial charge in [-0.15, -0.1) is 0 Å². The Morgan fingerprint density at radius 1 is 0.824 bits per heavy atom. The normalized spacial score (nSPS) is 14.9. The summed E-state index contributed by atoms with van der Waals surface area (Å²) in [7, 11) is 0. The molecule has 0 aromatic heterocycles. The van der Waals surface area contributed by atoms with Crippen molar-refractivity contribution in [1.29, 1.82) is 0 Å². The van der Waals surface area contributed by atoms with Gasteiger partial charge in [-0.1, -0.05) is 82.7 Å². The van der Waals surface area contributed by atoms with Crippen LogP contribution < -0.4 is 4.74 Å². The summed E-state index contributed by atoms with van der Waals surface area (Å²) in [5.74, 6) is 0.369. The lowest BCUT2D eigenvalue weighted by Gasteiger charge is -2.13. The van der Waals surface area contributed by atoms with Gasteiger partial charge in [0.05, 0.1) is 11.4 Å². The van der Waals surface area contributed by atoms with E-state index in [9.17, 15) is 9.59 Å². The van der Waals surface area contributed by atoms with Crippen molar-refractivity contribution in [3.05, 3.63) is 117 Å². The van der Waals surface area contributed by atoms with E-state index in [1.165, 1.54) is 10.3 Å². The van der Waals surface area contributed by atoms with Crippen molar-refractivity contribution >= 4 is 55.7 Å². The fourth-order valence-corrected chi connectivity index (χ4v) is 5.09. The number of thioether (sulfide) groups is 1. The molecule has 0 bridgehead atoms. The fourth-order valence-electron chi connectivity index (χ4n) is 3.82. The zero-order valence-electron chi connectivity index (χ0n) is 18.1. The Bertz CT molecular complexity index is 1430. The van der Waals surface area contributed by atoms with E-state index in [-0.39, 0.29) is 17.7 Å². The summed E-state index contributed by atoms with van der Waals surface area (Å²) < 4.78 is 7.02. The quantitative estimate of drug-likeness (QED) is 0.244. The topological polar surface area (TPSA) is 46.6 Å².